The maximum absolute atomic E-state index is 13.8. The molecule has 0 aliphatic carbocycles. The summed E-state index contributed by atoms with van der Waals surface area (Å²) in [5, 5.41) is 5.68. The zero-order chi connectivity index (χ0) is 26.2. The predicted molar refractivity (Wildman–Crippen MR) is 132 cm³/mol. The van der Waals surface area contributed by atoms with Crippen LogP contribution in [0.1, 0.15) is 33.1 Å². The van der Waals surface area contributed by atoms with Crippen LogP contribution in [0.4, 0.5) is 30.5 Å². The van der Waals surface area contributed by atoms with Crippen molar-refractivity contribution in [1.82, 2.24) is 24.8 Å². The van der Waals surface area contributed by atoms with Crippen LogP contribution in [0.3, 0.4) is 0 Å². The second kappa shape index (κ2) is 9.58. The molecule has 1 saturated heterocycles. The molecule has 1 fully saturated rings. The number of nitrogens with one attached hydrogen (secondary N) is 2. The van der Waals surface area contributed by atoms with Crippen molar-refractivity contribution < 1.29 is 18.0 Å². The van der Waals surface area contributed by atoms with Crippen molar-refractivity contribution in [2.75, 3.05) is 24.2 Å². The van der Waals surface area contributed by atoms with Gasteiger partial charge >= 0.3 is 6.18 Å². The molecule has 11 heteroatoms. The molecule has 2 unspecified atom stereocenters. The van der Waals surface area contributed by atoms with Crippen LogP contribution in [0.25, 0.3) is 11.4 Å². The Labute approximate surface area is 210 Å². The summed E-state index contributed by atoms with van der Waals surface area (Å²) in [6.45, 7) is 2.53. The van der Waals surface area contributed by atoms with Gasteiger partial charge < -0.3 is 10.6 Å². The van der Waals surface area contributed by atoms with E-state index in [0.29, 0.717) is 34.9 Å². The molecule has 8 nitrogen and oxygen atoms in total. The van der Waals surface area contributed by atoms with Gasteiger partial charge in [-0.25, -0.2) is 9.97 Å². The highest BCUT2D eigenvalue weighted by molar-refractivity contribution is 6.05. The SMILES string of the molecule is Cc1ccc(NC(=O)c2ccc(C3CN3C)cc2C(F)(F)F)cc1Nc1nccc(-c2cnccn2)n1. The van der Waals surface area contributed by atoms with E-state index in [2.05, 4.69) is 30.6 Å². The number of anilines is 3. The number of aromatic nitrogens is 4. The van der Waals surface area contributed by atoms with Gasteiger partial charge in [0.05, 0.1) is 23.0 Å². The highest BCUT2D eigenvalue weighted by Gasteiger charge is 2.38. The first-order chi connectivity index (χ1) is 17.7. The van der Waals surface area contributed by atoms with Gasteiger partial charge in [0.15, 0.2) is 0 Å². The molecule has 3 heterocycles. The number of nitrogens with zero attached hydrogens (tertiary/aromatic N) is 5. The maximum atomic E-state index is 13.8. The Balaban J connectivity index is 1.38. The highest BCUT2D eigenvalue weighted by atomic mass is 19.4. The van der Waals surface area contributed by atoms with E-state index in [4.69, 9.17) is 0 Å². The van der Waals surface area contributed by atoms with Gasteiger partial charge in [0.25, 0.3) is 5.91 Å². The third kappa shape index (κ3) is 5.41. The van der Waals surface area contributed by atoms with Gasteiger partial charge in [0.1, 0.15) is 5.69 Å². The molecule has 1 aliphatic rings. The van der Waals surface area contributed by atoms with Crippen LogP contribution in [0.5, 0.6) is 0 Å². The summed E-state index contributed by atoms with van der Waals surface area (Å²) < 4.78 is 41.4. The highest BCUT2D eigenvalue weighted by Crippen LogP contribution is 2.38. The number of halogens is 3. The number of benzene rings is 2. The summed E-state index contributed by atoms with van der Waals surface area (Å²) in [7, 11) is 1.83. The number of hydrogen-bond donors (Lipinski definition) is 2. The van der Waals surface area contributed by atoms with E-state index in [0.717, 1.165) is 11.6 Å². The van der Waals surface area contributed by atoms with Gasteiger partial charge in [-0.15, -0.1) is 0 Å². The molecule has 0 spiro atoms. The normalized spacial score (nSPS) is 16.8. The van der Waals surface area contributed by atoms with Crippen LogP contribution in [0.2, 0.25) is 0 Å². The lowest BCUT2D eigenvalue weighted by atomic mass is 10.0. The van der Waals surface area contributed by atoms with Crippen LogP contribution in [0, 0.1) is 6.92 Å². The Morgan fingerprint density at radius 3 is 2.54 bits per heavy atom. The van der Waals surface area contributed by atoms with Crippen LogP contribution in [-0.4, -0.2) is 44.3 Å². The second-order valence-electron chi connectivity index (χ2n) is 8.72. The number of carbonyl (C=O) groups is 1. The van der Waals surface area contributed by atoms with Crippen molar-refractivity contribution in [2.45, 2.75) is 19.1 Å². The van der Waals surface area contributed by atoms with Gasteiger partial charge in [0, 0.05) is 42.6 Å². The average Bonchev–Trinajstić information content (AvgIpc) is 3.62. The van der Waals surface area contributed by atoms with E-state index in [1.165, 1.54) is 6.07 Å². The molecule has 2 atom stereocenters. The maximum Gasteiger partial charge on any atom is 0.417 e. The lowest BCUT2D eigenvalue weighted by Gasteiger charge is -2.16. The predicted octanol–water partition coefficient (Wildman–Crippen LogP) is 5.24. The van der Waals surface area contributed by atoms with Crippen LogP contribution in [-0.2, 0) is 6.18 Å². The molecule has 2 aromatic heterocycles. The summed E-state index contributed by atoms with van der Waals surface area (Å²) in [5.74, 6) is -0.562. The van der Waals surface area contributed by atoms with Crippen molar-refractivity contribution in [1.29, 1.82) is 0 Å². The van der Waals surface area contributed by atoms with Crippen LogP contribution >= 0.6 is 0 Å². The molecule has 0 radical (unpaired) electrons. The van der Waals surface area contributed by atoms with Crippen molar-refractivity contribution in [3.8, 4) is 11.4 Å². The number of amides is 1. The Kier molecular flexibility index (Phi) is 6.30. The minimum atomic E-state index is -4.67. The van der Waals surface area contributed by atoms with E-state index in [9.17, 15) is 18.0 Å². The second-order valence-corrected chi connectivity index (χ2v) is 8.72. The molecular weight excluding hydrogens is 483 g/mol. The Hall–Kier alpha value is -4.38. The quantitative estimate of drug-likeness (QED) is 0.346. The summed E-state index contributed by atoms with van der Waals surface area (Å²) in [5.41, 5.74) is 2.01. The first-order valence-corrected chi connectivity index (χ1v) is 11.4. The number of hydrogen-bond acceptors (Lipinski definition) is 7. The van der Waals surface area contributed by atoms with Crippen LogP contribution in [0.15, 0.2) is 67.3 Å². The van der Waals surface area contributed by atoms with Crippen molar-refractivity contribution in [2.24, 2.45) is 0 Å². The number of alkyl halides is 3. The van der Waals surface area contributed by atoms with E-state index < -0.39 is 23.2 Å². The number of rotatable bonds is 6. The van der Waals surface area contributed by atoms with Gasteiger partial charge in [-0.05, 0) is 55.4 Å². The number of likely N-dealkylation sites (N-methyl/N-ethyl adjacent to an activating group) is 1. The fourth-order valence-corrected chi connectivity index (χ4v) is 3.93. The zero-order valence-corrected chi connectivity index (χ0v) is 19.9. The third-order valence-electron chi connectivity index (χ3n) is 6.06. The first-order valence-electron chi connectivity index (χ1n) is 11.4. The monoisotopic (exact) mass is 505 g/mol. The standard InChI is InChI=1S/C26H22F3N7O/c1-15-3-5-17(12-21(15)35-25-32-8-7-20(34-25)22-13-30-9-10-31-22)33-24(37)18-6-4-16(23-14-36(23)2)11-19(18)26(27,28)29/h3-13,23H,14H2,1-2H3,(H,33,37)(H,32,34,35). The van der Waals surface area contributed by atoms with Crippen molar-refractivity contribution >= 4 is 23.2 Å². The number of carbonyl (C=O) groups excluding carboxylic acids is 1. The topological polar surface area (TPSA) is 95.7 Å². The third-order valence-corrected chi connectivity index (χ3v) is 6.06. The molecule has 5 rings (SSSR count). The van der Waals surface area contributed by atoms with Gasteiger partial charge in [-0.2, -0.15) is 13.2 Å². The van der Waals surface area contributed by atoms with Gasteiger partial charge in [-0.3, -0.25) is 19.7 Å². The average molecular weight is 506 g/mol. The molecule has 0 saturated carbocycles. The lowest BCUT2D eigenvalue weighted by Crippen LogP contribution is -2.19. The summed E-state index contributed by atoms with van der Waals surface area (Å²) in [6, 6.07) is 10.5. The van der Waals surface area contributed by atoms with E-state index in [1.54, 1.807) is 55.1 Å². The summed E-state index contributed by atoms with van der Waals surface area (Å²) in [4.78, 5) is 31.8. The molecule has 188 valence electrons. The van der Waals surface area contributed by atoms with Crippen molar-refractivity contribution in [3.63, 3.8) is 0 Å². The molecule has 1 aliphatic heterocycles. The molecule has 37 heavy (non-hydrogen) atoms. The molecular formula is C26H22F3N7O. The van der Waals surface area contributed by atoms with E-state index in [-0.39, 0.29) is 12.0 Å². The lowest BCUT2D eigenvalue weighted by molar-refractivity contribution is -0.137. The summed E-state index contributed by atoms with van der Waals surface area (Å²) in [6.07, 6.45) is 1.61. The largest absolute Gasteiger partial charge is 0.417 e. The molecule has 1 amide bonds. The number of aryl methyl sites for hydroxylation is 1. The van der Waals surface area contributed by atoms with E-state index >= 15 is 0 Å². The molecule has 0 bridgehead atoms. The fraction of sp³-hybridized carbons (Fsp3) is 0.192. The first kappa shape index (κ1) is 24.3. The van der Waals surface area contributed by atoms with Gasteiger partial charge in [-0.1, -0.05) is 12.1 Å². The fourth-order valence-electron chi connectivity index (χ4n) is 3.93. The van der Waals surface area contributed by atoms with Gasteiger partial charge in [0.2, 0.25) is 5.95 Å². The molecule has 2 N–H and O–H groups in total. The zero-order valence-electron chi connectivity index (χ0n) is 19.9. The van der Waals surface area contributed by atoms with Crippen molar-refractivity contribution in [3.05, 3.63) is 89.5 Å². The Bertz CT molecular complexity index is 1460. The summed E-state index contributed by atoms with van der Waals surface area (Å²) >= 11 is 0. The van der Waals surface area contributed by atoms with E-state index in [1.807, 2.05) is 18.9 Å². The minimum Gasteiger partial charge on any atom is -0.324 e. The molecule has 2 aromatic carbocycles. The Morgan fingerprint density at radius 2 is 1.84 bits per heavy atom. The smallest absolute Gasteiger partial charge is 0.324 e. The molecule has 4 aromatic rings. The minimum absolute atomic E-state index is 0.0569. The Morgan fingerprint density at radius 1 is 1.03 bits per heavy atom. The van der Waals surface area contributed by atoms with Crippen LogP contribution < -0.4 is 10.6 Å².